The number of hydrogen-bond donors (Lipinski definition) is 8. The fourth-order valence-corrected chi connectivity index (χ4v) is 6.46. The molecule has 57 heavy (non-hydrogen) atoms. The second kappa shape index (κ2) is 20.6. The second-order valence-electron chi connectivity index (χ2n) is 13.0. The molecule has 4 rings (SSSR count). The fourth-order valence-electron chi connectivity index (χ4n) is 6.46. The van der Waals surface area contributed by atoms with Gasteiger partial charge in [-0.05, 0) is 13.0 Å². The van der Waals surface area contributed by atoms with Crippen LogP contribution in [0.1, 0.15) is 19.8 Å². The Balaban J connectivity index is 1.59. The van der Waals surface area contributed by atoms with E-state index in [1.54, 1.807) is 0 Å². The molecule has 4 heterocycles. The van der Waals surface area contributed by atoms with Gasteiger partial charge in [-0.25, -0.2) is 9.59 Å². The standard InChI is InChI=1S/C35H48O22/c1-5-14-16(18(30(46)49-3)12-52-32(14)56-34-28(44)26(42)24(40)20(10-36)54-34)9-23(39)51-7-6-15-17(8-22(38)48-2)19(31(47)50-4)13-53-33(15)57-35-29(45)27(43)25(41)21(11-37)55-35/h5-6,12-13,16-17,20-21,24-29,32-37,40-45H,7-11H2,1-4H3/b14-5+,15-6+/t16-,17-,20+,21+,24+,25+,26-,27-,28+,29+,32-,33-,34-,35-/m0/s1. The van der Waals surface area contributed by atoms with Gasteiger partial charge in [-0.3, -0.25) is 9.59 Å². The summed E-state index contributed by atoms with van der Waals surface area (Å²) in [7, 11) is 3.27. The van der Waals surface area contributed by atoms with Crippen molar-refractivity contribution in [2.24, 2.45) is 11.8 Å². The zero-order chi connectivity index (χ0) is 42.1. The van der Waals surface area contributed by atoms with Gasteiger partial charge in [0.05, 0.1) is 71.1 Å². The summed E-state index contributed by atoms with van der Waals surface area (Å²) >= 11 is 0. The molecule has 0 spiro atoms. The maximum absolute atomic E-state index is 13.4. The molecule has 2 saturated heterocycles. The van der Waals surface area contributed by atoms with Crippen LogP contribution < -0.4 is 0 Å². The lowest BCUT2D eigenvalue weighted by atomic mass is 9.86. The van der Waals surface area contributed by atoms with E-state index in [4.69, 9.17) is 47.4 Å². The monoisotopic (exact) mass is 820 g/mol. The number of esters is 4. The van der Waals surface area contributed by atoms with Crippen LogP contribution in [0.2, 0.25) is 0 Å². The van der Waals surface area contributed by atoms with Gasteiger partial charge >= 0.3 is 23.9 Å². The van der Waals surface area contributed by atoms with Crippen molar-refractivity contribution in [1.82, 2.24) is 0 Å². The Labute approximate surface area is 325 Å². The van der Waals surface area contributed by atoms with E-state index in [-0.39, 0.29) is 22.3 Å². The van der Waals surface area contributed by atoms with Crippen molar-refractivity contribution < 1.29 is 107 Å². The van der Waals surface area contributed by atoms with Crippen LogP contribution in [0.5, 0.6) is 0 Å². The fraction of sp³-hybridized carbons (Fsp3) is 0.657. The van der Waals surface area contributed by atoms with Crippen molar-refractivity contribution in [2.45, 2.75) is 93.8 Å². The lowest BCUT2D eigenvalue weighted by Crippen LogP contribution is -2.60. The van der Waals surface area contributed by atoms with E-state index in [9.17, 15) is 60.0 Å². The summed E-state index contributed by atoms with van der Waals surface area (Å²) in [5.41, 5.74) is -0.233. The average molecular weight is 821 g/mol. The number of carbonyl (C=O) groups is 4. The number of hydrogen-bond acceptors (Lipinski definition) is 22. The highest BCUT2D eigenvalue weighted by Crippen LogP contribution is 2.38. The maximum atomic E-state index is 13.4. The Hall–Kier alpha value is -4.04. The van der Waals surface area contributed by atoms with Crippen LogP contribution in [-0.2, 0) is 66.5 Å². The zero-order valence-corrected chi connectivity index (χ0v) is 31.2. The molecule has 0 aromatic carbocycles. The minimum Gasteiger partial charge on any atom is -0.469 e. The van der Waals surface area contributed by atoms with E-state index in [0.717, 1.165) is 33.9 Å². The molecule has 14 atom stereocenters. The number of aliphatic hydroxyl groups is 8. The van der Waals surface area contributed by atoms with Crippen LogP contribution in [0.4, 0.5) is 0 Å². The van der Waals surface area contributed by atoms with Gasteiger partial charge in [0.1, 0.15) is 55.4 Å². The van der Waals surface area contributed by atoms with Crippen LogP contribution >= 0.6 is 0 Å². The molecule has 22 nitrogen and oxygen atoms in total. The van der Waals surface area contributed by atoms with Crippen LogP contribution in [-0.4, -0.2) is 180 Å². The first-order valence-corrected chi connectivity index (χ1v) is 17.5. The molecular formula is C35H48O22. The summed E-state index contributed by atoms with van der Waals surface area (Å²) in [5, 5.41) is 81.1. The van der Waals surface area contributed by atoms with Crippen LogP contribution in [0, 0.1) is 11.8 Å². The maximum Gasteiger partial charge on any atom is 0.337 e. The summed E-state index contributed by atoms with van der Waals surface area (Å²) in [6.45, 7) is -0.575. The molecule has 320 valence electrons. The third-order valence-electron chi connectivity index (χ3n) is 9.66. The van der Waals surface area contributed by atoms with E-state index in [1.807, 2.05) is 0 Å². The minimum absolute atomic E-state index is 0.0450. The highest BCUT2D eigenvalue weighted by atomic mass is 16.8. The van der Waals surface area contributed by atoms with Crippen molar-refractivity contribution in [1.29, 1.82) is 0 Å². The molecule has 0 aliphatic carbocycles. The molecular weight excluding hydrogens is 772 g/mol. The molecule has 0 amide bonds. The van der Waals surface area contributed by atoms with Crippen molar-refractivity contribution in [2.75, 3.05) is 41.2 Å². The molecule has 0 saturated carbocycles. The van der Waals surface area contributed by atoms with Crippen LogP contribution in [0.3, 0.4) is 0 Å². The Morgan fingerprint density at radius 2 is 1.07 bits per heavy atom. The number of methoxy groups -OCH3 is 3. The van der Waals surface area contributed by atoms with E-state index in [2.05, 4.69) is 0 Å². The lowest BCUT2D eigenvalue weighted by molar-refractivity contribution is -0.328. The predicted octanol–water partition coefficient (Wildman–Crippen LogP) is -3.95. The normalized spacial score (nSPS) is 36.9. The first kappa shape index (κ1) is 45.7. The summed E-state index contributed by atoms with van der Waals surface area (Å²) < 4.78 is 53.5. The molecule has 8 N–H and O–H groups in total. The Bertz CT molecular complexity index is 1550. The van der Waals surface area contributed by atoms with Crippen molar-refractivity contribution in [3.63, 3.8) is 0 Å². The minimum atomic E-state index is -1.87. The number of allylic oxidation sites excluding steroid dienone is 1. The Morgan fingerprint density at radius 1 is 0.632 bits per heavy atom. The van der Waals surface area contributed by atoms with E-state index in [1.165, 1.54) is 19.1 Å². The molecule has 0 unspecified atom stereocenters. The van der Waals surface area contributed by atoms with Gasteiger partial charge in [0.2, 0.25) is 12.6 Å². The lowest BCUT2D eigenvalue weighted by Gasteiger charge is -2.42. The molecule has 0 radical (unpaired) electrons. The van der Waals surface area contributed by atoms with Crippen molar-refractivity contribution >= 4 is 23.9 Å². The Morgan fingerprint density at radius 3 is 1.49 bits per heavy atom. The zero-order valence-electron chi connectivity index (χ0n) is 31.2. The van der Waals surface area contributed by atoms with Gasteiger partial charge in [0.25, 0.3) is 0 Å². The number of carbonyl (C=O) groups excluding carboxylic acids is 4. The summed E-state index contributed by atoms with van der Waals surface area (Å²) in [4.78, 5) is 51.5. The number of ether oxygens (including phenoxy) is 10. The Kier molecular flexibility index (Phi) is 16.5. The van der Waals surface area contributed by atoms with E-state index < -0.39 is 142 Å². The second-order valence-corrected chi connectivity index (χ2v) is 13.0. The van der Waals surface area contributed by atoms with E-state index in [0.29, 0.717) is 0 Å². The SMILES string of the molecule is C/C=C1/[C@H](O[C@@H]2O[C@H](CO)[C@@H](O)[C@H](O)[C@H]2O)OC=C(C(=O)OC)[C@H]1CC(=O)OC/C=C1/[C@H](O[C@@H]2O[C@H](CO)[C@@H](O)[C@H](O)[C@H]2O)OC=C(C(=O)OC)[C@H]1CC(=O)OC. The summed E-state index contributed by atoms with van der Waals surface area (Å²) in [5.74, 6) is -5.87. The summed E-state index contributed by atoms with van der Waals surface area (Å²) in [6.07, 6.45) is -16.3. The first-order chi connectivity index (χ1) is 27.1. The van der Waals surface area contributed by atoms with Crippen molar-refractivity contribution in [3.8, 4) is 0 Å². The quantitative estimate of drug-likeness (QED) is 0.0471. The largest absolute Gasteiger partial charge is 0.469 e. The molecule has 2 fully saturated rings. The highest BCUT2D eigenvalue weighted by Gasteiger charge is 2.49. The molecule has 22 heteroatoms. The first-order valence-electron chi connectivity index (χ1n) is 17.5. The van der Waals surface area contributed by atoms with Gasteiger partial charge in [0.15, 0.2) is 12.6 Å². The van der Waals surface area contributed by atoms with Crippen LogP contribution in [0.25, 0.3) is 0 Å². The third kappa shape index (κ3) is 10.3. The highest BCUT2D eigenvalue weighted by molar-refractivity contribution is 5.91. The third-order valence-corrected chi connectivity index (χ3v) is 9.66. The van der Waals surface area contributed by atoms with Gasteiger partial charge in [-0.15, -0.1) is 0 Å². The average Bonchev–Trinajstić information content (AvgIpc) is 3.21. The molecule has 4 aliphatic rings. The number of rotatable bonds is 14. The van der Waals surface area contributed by atoms with Gasteiger partial charge in [-0.2, -0.15) is 0 Å². The summed E-state index contributed by atoms with van der Waals surface area (Å²) in [6, 6.07) is 0. The molecule has 0 bridgehead atoms. The molecule has 0 aromatic heterocycles. The smallest absolute Gasteiger partial charge is 0.337 e. The van der Waals surface area contributed by atoms with Gasteiger partial charge in [-0.1, -0.05) is 6.08 Å². The van der Waals surface area contributed by atoms with Gasteiger partial charge in [0, 0.05) is 23.0 Å². The van der Waals surface area contributed by atoms with Crippen LogP contribution in [0.15, 0.2) is 47.0 Å². The van der Waals surface area contributed by atoms with Crippen molar-refractivity contribution in [3.05, 3.63) is 47.0 Å². The number of aliphatic hydroxyl groups excluding tert-OH is 8. The van der Waals surface area contributed by atoms with E-state index >= 15 is 0 Å². The topological polar surface area (TPSA) is 322 Å². The predicted molar refractivity (Wildman–Crippen MR) is 181 cm³/mol. The molecule has 4 aliphatic heterocycles. The molecule has 0 aromatic rings. The van der Waals surface area contributed by atoms with Gasteiger partial charge < -0.3 is 88.2 Å².